The van der Waals surface area contributed by atoms with Gasteiger partial charge in [0.15, 0.2) is 0 Å². The van der Waals surface area contributed by atoms with Crippen molar-refractivity contribution in [3.8, 4) is 5.75 Å². The maximum absolute atomic E-state index is 10.4. The van der Waals surface area contributed by atoms with Gasteiger partial charge in [-0.3, -0.25) is 10.7 Å². The molecule has 0 radical (unpaired) electrons. The van der Waals surface area contributed by atoms with Gasteiger partial charge in [0.25, 0.3) is 0 Å². The Hall–Kier alpha value is -1.75. The van der Waals surface area contributed by atoms with E-state index in [0.29, 0.717) is 0 Å². The van der Waals surface area contributed by atoms with Gasteiger partial charge < -0.3 is 10.2 Å². The molecule has 0 aliphatic rings. The zero-order valence-electron chi connectivity index (χ0n) is 5.98. The molecule has 0 bridgehead atoms. The minimum absolute atomic E-state index is 0.200. The molecule has 64 valence electrons. The summed E-state index contributed by atoms with van der Waals surface area (Å²) in [6.07, 6.45) is 0. The Balaban J connectivity index is 3.12. The third kappa shape index (κ3) is 1.46. The van der Waals surface area contributed by atoms with E-state index in [1.165, 1.54) is 12.1 Å². The molecular weight excluding hydrogens is 162 g/mol. The van der Waals surface area contributed by atoms with Gasteiger partial charge in [-0.15, -0.1) is 0 Å². The zero-order valence-corrected chi connectivity index (χ0v) is 5.98. The summed E-state index contributed by atoms with van der Waals surface area (Å²) >= 11 is 0. The highest BCUT2D eigenvalue weighted by Crippen LogP contribution is 2.21. The summed E-state index contributed by atoms with van der Waals surface area (Å²) in [5, 5.41) is 25.9. The fourth-order valence-corrected chi connectivity index (χ4v) is 0.782. The van der Waals surface area contributed by atoms with Crippen LogP contribution in [-0.4, -0.2) is 21.4 Å². The average molecular weight is 169 g/mol. The molecule has 1 rings (SSSR count). The van der Waals surface area contributed by atoms with Crippen LogP contribution in [0.2, 0.25) is 0 Å². The summed E-state index contributed by atoms with van der Waals surface area (Å²) in [4.78, 5) is 10.4. The quantitative estimate of drug-likeness (QED) is 0.493. The maximum Gasteiger partial charge on any atom is 0.339 e. The van der Waals surface area contributed by atoms with E-state index in [2.05, 4.69) is 0 Å². The molecule has 0 fully saturated rings. The van der Waals surface area contributed by atoms with E-state index in [0.717, 1.165) is 6.07 Å². The van der Waals surface area contributed by atoms with Gasteiger partial charge in [0.2, 0.25) is 0 Å². The number of nitrogens with one attached hydrogen (secondary N) is 1. The number of carboxylic acid groups (broad SMARTS) is 1. The Morgan fingerprint density at radius 1 is 1.42 bits per heavy atom. The first-order chi connectivity index (χ1) is 5.65. The first kappa shape index (κ1) is 8.35. The van der Waals surface area contributed by atoms with Crippen molar-refractivity contribution in [2.75, 3.05) is 5.48 Å². The Labute approximate surface area is 67.8 Å². The molecule has 5 heteroatoms. The Morgan fingerprint density at radius 2 is 2.08 bits per heavy atom. The Morgan fingerprint density at radius 3 is 2.50 bits per heavy atom. The lowest BCUT2D eigenvalue weighted by molar-refractivity contribution is 0.0694. The summed E-state index contributed by atoms with van der Waals surface area (Å²) in [6.45, 7) is 0. The summed E-state index contributed by atoms with van der Waals surface area (Å²) in [5.74, 6) is -1.60. The highest BCUT2D eigenvalue weighted by Gasteiger charge is 2.08. The first-order valence-corrected chi connectivity index (χ1v) is 3.11. The number of phenols is 1. The lowest BCUT2D eigenvalue weighted by Gasteiger charge is -2.01. The van der Waals surface area contributed by atoms with E-state index in [-0.39, 0.29) is 17.0 Å². The molecule has 4 N–H and O–H groups in total. The first-order valence-electron chi connectivity index (χ1n) is 3.11. The Bertz CT molecular complexity index is 310. The van der Waals surface area contributed by atoms with Gasteiger partial charge in [0, 0.05) is 6.07 Å². The monoisotopic (exact) mass is 169 g/mol. The van der Waals surface area contributed by atoms with Crippen LogP contribution in [0.1, 0.15) is 10.4 Å². The van der Waals surface area contributed by atoms with E-state index in [1.807, 2.05) is 0 Å². The molecule has 1 aromatic rings. The van der Waals surface area contributed by atoms with Gasteiger partial charge in [-0.05, 0) is 12.1 Å². The summed E-state index contributed by atoms with van der Waals surface area (Å²) < 4.78 is 0. The minimum Gasteiger partial charge on any atom is -0.507 e. The molecule has 0 amide bonds. The number of rotatable bonds is 2. The highest BCUT2D eigenvalue weighted by molar-refractivity contribution is 5.91. The second-order valence-electron chi connectivity index (χ2n) is 2.15. The van der Waals surface area contributed by atoms with Crippen molar-refractivity contribution >= 4 is 11.7 Å². The second-order valence-corrected chi connectivity index (χ2v) is 2.15. The van der Waals surface area contributed by atoms with Gasteiger partial charge in [0.1, 0.15) is 11.3 Å². The molecular formula is C7H7NO4. The van der Waals surface area contributed by atoms with Crippen LogP contribution in [0.25, 0.3) is 0 Å². The van der Waals surface area contributed by atoms with Crippen LogP contribution in [0.3, 0.4) is 0 Å². The van der Waals surface area contributed by atoms with Gasteiger partial charge in [-0.1, -0.05) is 0 Å². The van der Waals surface area contributed by atoms with Crippen LogP contribution in [0.5, 0.6) is 5.75 Å². The number of hydrogen-bond acceptors (Lipinski definition) is 4. The van der Waals surface area contributed by atoms with Crippen molar-refractivity contribution in [3.63, 3.8) is 0 Å². The summed E-state index contributed by atoms with van der Waals surface area (Å²) in [5.41, 5.74) is 1.81. The number of carbonyl (C=O) groups is 1. The number of carboxylic acids is 1. The molecule has 0 aromatic heterocycles. The SMILES string of the molecule is O=C(O)c1ccc(NO)cc1O. The average Bonchev–Trinajstić information content (AvgIpc) is 2.03. The van der Waals surface area contributed by atoms with E-state index >= 15 is 0 Å². The van der Waals surface area contributed by atoms with Gasteiger partial charge in [0.05, 0.1) is 5.69 Å². The molecule has 1 aromatic carbocycles. The van der Waals surface area contributed by atoms with Crippen molar-refractivity contribution in [3.05, 3.63) is 23.8 Å². The molecule has 0 saturated heterocycles. The molecule has 0 aliphatic carbocycles. The molecule has 0 aliphatic heterocycles. The topological polar surface area (TPSA) is 89.8 Å². The smallest absolute Gasteiger partial charge is 0.339 e. The lowest BCUT2D eigenvalue weighted by Crippen LogP contribution is -1.97. The van der Waals surface area contributed by atoms with Crippen LogP contribution in [0, 0.1) is 0 Å². The molecule has 12 heavy (non-hydrogen) atoms. The lowest BCUT2D eigenvalue weighted by atomic mass is 10.2. The minimum atomic E-state index is -1.21. The predicted molar refractivity (Wildman–Crippen MR) is 40.5 cm³/mol. The number of aromatic carboxylic acids is 1. The molecule has 0 saturated carbocycles. The van der Waals surface area contributed by atoms with Crippen molar-refractivity contribution in [1.82, 2.24) is 0 Å². The fourth-order valence-electron chi connectivity index (χ4n) is 0.782. The van der Waals surface area contributed by atoms with E-state index in [1.54, 1.807) is 5.48 Å². The number of hydrogen-bond donors (Lipinski definition) is 4. The van der Waals surface area contributed by atoms with Crippen molar-refractivity contribution in [2.24, 2.45) is 0 Å². The Kier molecular flexibility index (Phi) is 2.16. The third-order valence-corrected chi connectivity index (χ3v) is 1.36. The van der Waals surface area contributed by atoms with Gasteiger partial charge in [-0.25, -0.2) is 4.79 Å². The van der Waals surface area contributed by atoms with E-state index in [9.17, 15) is 4.79 Å². The van der Waals surface area contributed by atoms with Crippen LogP contribution in [0.15, 0.2) is 18.2 Å². The molecule has 0 unspecified atom stereocenters. The summed E-state index contributed by atoms with van der Waals surface area (Å²) in [6, 6.07) is 3.64. The fraction of sp³-hybridized carbons (Fsp3) is 0. The van der Waals surface area contributed by atoms with Crippen molar-refractivity contribution in [1.29, 1.82) is 0 Å². The van der Waals surface area contributed by atoms with Crippen LogP contribution < -0.4 is 5.48 Å². The number of benzene rings is 1. The highest BCUT2D eigenvalue weighted by atomic mass is 16.5. The predicted octanol–water partition coefficient (Wildman–Crippen LogP) is 0.891. The largest absolute Gasteiger partial charge is 0.507 e. The second kappa shape index (κ2) is 3.10. The molecule has 0 atom stereocenters. The van der Waals surface area contributed by atoms with Crippen LogP contribution >= 0.6 is 0 Å². The van der Waals surface area contributed by atoms with E-state index < -0.39 is 5.97 Å². The molecule has 0 spiro atoms. The van der Waals surface area contributed by atoms with Crippen molar-refractivity contribution < 1.29 is 20.2 Å². The normalized spacial score (nSPS) is 9.42. The summed E-state index contributed by atoms with van der Waals surface area (Å²) in [7, 11) is 0. The van der Waals surface area contributed by atoms with Crippen molar-refractivity contribution in [2.45, 2.75) is 0 Å². The zero-order chi connectivity index (χ0) is 9.14. The molecule has 0 heterocycles. The van der Waals surface area contributed by atoms with E-state index in [4.69, 9.17) is 15.4 Å². The van der Waals surface area contributed by atoms with Crippen LogP contribution in [0.4, 0.5) is 5.69 Å². The van der Waals surface area contributed by atoms with Gasteiger partial charge >= 0.3 is 5.97 Å². The molecule has 5 nitrogen and oxygen atoms in total. The van der Waals surface area contributed by atoms with Gasteiger partial charge in [-0.2, -0.15) is 0 Å². The third-order valence-electron chi connectivity index (χ3n) is 1.36. The standard InChI is InChI=1S/C7H7NO4/c9-6-3-4(8-12)1-2-5(6)7(10)11/h1-3,8-9,12H,(H,10,11). The number of aromatic hydroxyl groups is 1. The van der Waals surface area contributed by atoms with Crippen LogP contribution in [-0.2, 0) is 0 Å². The maximum atomic E-state index is 10.4. The number of anilines is 1.